The monoisotopic (exact) mass is 363 g/mol. The maximum absolute atomic E-state index is 12.6. The number of aromatic nitrogens is 5. The van der Waals surface area contributed by atoms with Crippen LogP contribution in [0.5, 0.6) is 0 Å². The number of hydrogen-bond donors (Lipinski definition) is 1. The Kier molecular flexibility index (Phi) is 5.04. The van der Waals surface area contributed by atoms with E-state index in [1.165, 1.54) is 6.33 Å². The summed E-state index contributed by atoms with van der Waals surface area (Å²) in [4.78, 5) is 18.6. The van der Waals surface area contributed by atoms with Gasteiger partial charge >= 0.3 is 0 Å². The van der Waals surface area contributed by atoms with Gasteiger partial charge in [-0.05, 0) is 30.5 Å². The Morgan fingerprint density at radius 1 is 1.11 bits per heavy atom. The molecule has 1 aliphatic heterocycles. The summed E-state index contributed by atoms with van der Waals surface area (Å²) in [5, 5.41) is 15.6. The topological polar surface area (TPSA) is 88.8 Å². The average molecular weight is 363 g/mol. The summed E-state index contributed by atoms with van der Waals surface area (Å²) < 4.78 is 1.56. The molecule has 1 aliphatic rings. The summed E-state index contributed by atoms with van der Waals surface area (Å²) in [5.41, 5.74) is 1.10. The van der Waals surface area contributed by atoms with Gasteiger partial charge in [-0.2, -0.15) is 5.10 Å². The fourth-order valence-corrected chi connectivity index (χ4v) is 3.26. The molecule has 3 aromatic rings. The van der Waals surface area contributed by atoms with Crippen LogP contribution in [0.2, 0.25) is 0 Å². The molecule has 1 atom stereocenters. The number of piperidine rings is 1. The molecule has 2 aromatic heterocycles. The first-order valence-electron chi connectivity index (χ1n) is 9.05. The Bertz CT molecular complexity index is 865. The zero-order valence-corrected chi connectivity index (χ0v) is 14.9. The van der Waals surface area contributed by atoms with Crippen LogP contribution in [0.25, 0.3) is 5.82 Å². The third-order valence-electron chi connectivity index (χ3n) is 4.72. The highest BCUT2D eigenvalue weighted by atomic mass is 16.1. The molecule has 138 valence electrons. The molecule has 4 rings (SSSR count). The first-order valence-corrected chi connectivity index (χ1v) is 9.05. The quantitative estimate of drug-likeness (QED) is 0.741. The standard InChI is InChI=1S/C19H21N7O/c27-19(21-11-15-5-2-1-3-6-15)16-7-4-10-25(12-16)17-8-9-18(24-23-17)26-14-20-13-22-26/h1-3,5-6,8-9,13-14,16H,4,7,10-12H2,(H,21,27). The van der Waals surface area contributed by atoms with Crippen LogP contribution in [0.1, 0.15) is 18.4 Å². The number of nitrogens with zero attached hydrogens (tertiary/aromatic N) is 6. The molecule has 1 N–H and O–H groups in total. The number of nitrogens with one attached hydrogen (secondary N) is 1. The molecule has 1 amide bonds. The summed E-state index contributed by atoms with van der Waals surface area (Å²) in [5.74, 6) is 1.44. The van der Waals surface area contributed by atoms with Crippen LogP contribution in [0.3, 0.4) is 0 Å². The molecule has 1 fully saturated rings. The normalized spacial score (nSPS) is 16.9. The lowest BCUT2D eigenvalue weighted by molar-refractivity contribution is -0.125. The van der Waals surface area contributed by atoms with Crippen molar-refractivity contribution >= 4 is 11.7 Å². The predicted molar refractivity (Wildman–Crippen MR) is 100 cm³/mol. The van der Waals surface area contributed by atoms with E-state index in [1.54, 1.807) is 11.0 Å². The maximum Gasteiger partial charge on any atom is 0.225 e. The molecular formula is C19H21N7O. The van der Waals surface area contributed by atoms with Gasteiger partial charge in [-0.1, -0.05) is 30.3 Å². The Balaban J connectivity index is 1.36. The molecule has 0 aliphatic carbocycles. The van der Waals surface area contributed by atoms with Gasteiger partial charge in [0.25, 0.3) is 0 Å². The smallest absolute Gasteiger partial charge is 0.225 e. The van der Waals surface area contributed by atoms with Crippen LogP contribution in [0, 0.1) is 5.92 Å². The van der Waals surface area contributed by atoms with E-state index in [2.05, 4.69) is 30.5 Å². The van der Waals surface area contributed by atoms with Crippen molar-refractivity contribution in [2.24, 2.45) is 5.92 Å². The number of hydrogen-bond acceptors (Lipinski definition) is 6. The van der Waals surface area contributed by atoms with Crippen molar-refractivity contribution in [2.45, 2.75) is 19.4 Å². The highest BCUT2D eigenvalue weighted by Gasteiger charge is 2.26. The molecule has 8 heteroatoms. The summed E-state index contributed by atoms with van der Waals surface area (Å²) >= 11 is 0. The van der Waals surface area contributed by atoms with Crippen molar-refractivity contribution < 1.29 is 4.79 Å². The summed E-state index contributed by atoms with van der Waals surface area (Å²) in [6, 6.07) is 13.7. The highest BCUT2D eigenvalue weighted by Crippen LogP contribution is 2.22. The van der Waals surface area contributed by atoms with E-state index in [4.69, 9.17) is 0 Å². The van der Waals surface area contributed by atoms with Crippen molar-refractivity contribution in [1.82, 2.24) is 30.3 Å². The van der Waals surface area contributed by atoms with Gasteiger partial charge in [0.05, 0.1) is 5.92 Å². The number of amides is 1. The molecule has 8 nitrogen and oxygen atoms in total. The number of rotatable bonds is 5. The van der Waals surface area contributed by atoms with Crippen molar-refractivity contribution in [3.8, 4) is 5.82 Å². The van der Waals surface area contributed by atoms with Crippen LogP contribution in [0.4, 0.5) is 5.82 Å². The largest absolute Gasteiger partial charge is 0.354 e. The van der Waals surface area contributed by atoms with Crippen molar-refractivity contribution in [2.75, 3.05) is 18.0 Å². The number of benzene rings is 1. The zero-order valence-electron chi connectivity index (χ0n) is 14.9. The van der Waals surface area contributed by atoms with Gasteiger partial charge in [-0.25, -0.2) is 9.67 Å². The molecular weight excluding hydrogens is 342 g/mol. The second-order valence-corrected chi connectivity index (χ2v) is 6.58. The fraction of sp³-hybridized carbons (Fsp3) is 0.316. The van der Waals surface area contributed by atoms with Crippen molar-refractivity contribution in [3.63, 3.8) is 0 Å². The van der Waals surface area contributed by atoms with Gasteiger partial charge in [-0.3, -0.25) is 4.79 Å². The van der Waals surface area contributed by atoms with E-state index >= 15 is 0 Å². The van der Waals surface area contributed by atoms with E-state index in [-0.39, 0.29) is 11.8 Å². The van der Waals surface area contributed by atoms with E-state index in [0.717, 1.165) is 30.8 Å². The Hall–Kier alpha value is -3.29. The van der Waals surface area contributed by atoms with Crippen LogP contribution in [-0.4, -0.2) is 44.0 Å². The summed E-state index contributed by atoms with van der Waals surface area (Å²) in [6.07, 6.45) is 4.88. The lowest BCUT2D eigenvalue weighted by Crippen LogP contribution is -2.43. The van der Waals surface area contributed by atoms with Gasteiger partial charge in [0.15, 0.2) is 11.6 Å². The molecule has 1 unspecified atom stereocenters. The fourth-order valence-electron chi connectivity index (χ4n) is 3.26. The van der Waals surface area contributed by atoms with Crippen molar-refractivity contribution in [1.29, 1.82) is 0 Å². The minimum Gasteiger partial charge on any atom is -0.354 e. The van der Waals surface area contributed by atoms with Crippen LogP contribution < -0.4 is 10.2 Å². The van der Waals surface area contributed by atoms with E-state index in [9.17, 15) is 4.79 Å². The molecule has 0 spiro atoms. The molecule has 1 saturated heterocycles. The minimum atomic E-state index is -0.0424. The van der Waals surface area contributed by atoms with Crippen LogP contribution in [-0.2, 0) is 11.3 Å². The molecule has 3 heterocycles. The molecule has 0 radical (unpaired) electrons. The third-order valence-corrected chi connectivity index (χ3v) is 4.72. The second kappa shape index (κ2) is 7.94. The first-order chi connectivity index (χ1) is 13.3. The Labute approximate surface area is 157 Å². The maximum atomic E-state index is 12.6. The van der Waals surface area contributed by atoms with Gasteiger partial charge < -0.3 is 10.2 Å². The zero-order chi connectivity index (χ0) is 18.5. The van der Waals surface area contributed by atoms with E-state index in [1.807, 2.05) is 42.5 Å². The SMILES string of the molecule is O=C(NCc1ccccc1)C1CCCN(c2ccc(-n3cncn3)nn2)C1. The molecule has 1 aromatic carbocycles. The van der Waals surface area contributed by atoms with E-state index < -0.39 is 0 Å². The van der Waals surface area contributed by atoms with Crippen LogP contribution >= 0.6 is 0 Å². The number of anilines is 1. The molecule has 0 saturated carbocycles. The number of carbonyl (C=O) groups excluding carboxylic acids is 1. The minimum absolute atomic E-state index is 0.0424. The average Bonchev–Trinajstić information content (AvgIpc) is 3.28. The summed E-state index contributed by atoms with van der Waals surface area (Å²) in [7, 11) is 0. The molecule has 0 bridgehead atoms. The lowest BCUT2D eigenvalue weighted by atomic mass is 9.97. The summed E-state index contributed by atoms with van der Waals surface area (Å²) in [6.45, 7) is 2.08. The molecule has 27 heavy (non-hydrogen) atoms. The predicted octanol–water partition coefficient (Wildman–Crippen LogP) is 1.59. The van der Waals surface area contributed by atoms with Gasteiger partial charge in [0.1, 0.15) is 12.7 Å². The number of carbonyl (C=O) groups is 1. The van der Waals surface area contributed by atoms with Crippen molar-refractivity contribution in [3.05, 3.63) is 60.7 Å². The Morgan fingerprint density at radius 2 is 1.93 bits per heavy atom. The third kappa shape index (κ3) is 4.11. The van der Waals surface area contributed by atoms with Gasteiger partial charge in [0.2, 0.25) is 5.91 Å². The lowest BCUT2D eigenvalue weighted by Gasteiger charge is -2.32. The second-order valence-electron chi connectivity index (χ2n) is 6.58. The van der Waals surface area contributed by atoms with Gasteiger partial charge in [0, 0.05) is 19.6 Å². The highest BCUT2D eigenvalue weighted by molar-refractivity contribution is 5.79. The van der Waals surface area contributed by atoms with Gasteiger partial charge in [-0.15, -0.1) is 10.2 Å². The Morgan fingerprint density at radius 3 is 2.67 bits per heavy atom. The van der Waals surface area contributed by atoms with Crippen LogP contribution in [0.15, 0.2) is 55.1 Å². The van der Waals surface area contributed by atoms with E-state index in [0.29, 0.717) is 18.9 Å². The first kappa shape index (κ1) is 17.1.